The number of benzene rings is 2. The molecule has 2 aromatic carbocycles. The van der Waals surface area contributed by atoms with Crippen LogP contribution in [0.25, 0.3) is 12.2 Å². The van der Waals surface area contributed by atoms with Gasteiger partial charge in [0.1, 0.15) is 5.75 Å². The molecule has 0 saturated heterocycles. The minimum Gasteiger partial charge on any atom is -0.496 e. The molecule has 2 N–H and O–H groups in total. The summed E-state index contributed by atoms with van der Waals surface area (Å²) in [5.41, 5.74) is 8.63. The third kappa shape index (κ3) is 2.88. The van der Waals surface area contributed by atoms with Gasteiger partial charge < -0.3 is 10.5 Å². The van der Waals surface area contributed by atoms with Crippen molar-refractivity contribution in [1.82, 2.24) is 0 Å². The van der Waals surface area contributed by atoms with Crippen LogP contribution in [0.5, 0.6) is 5.75 Å². The molecule has 0 bridgehead atoms. The first kappa shape index (κ1) is 11.3. The van der Waals surface area contributed by atoms with E-state index in [0.717, 1.165) is 22.6 Å². The molecular formula is C15H15NO. The van der Waals surface area contributed by atoms with E-state index >= 15 is 0 Å². The second-order valence-electron chi connectivity index (χ2n) is 3.75. The van der Waals surface area contributed by atoms with Crippen LogP contribution < -0.4 is 10.5 Å². The number of anilines is 1. The van der Waals surface area contributed by atoms with Crippen molar-refractivity contribution in [2.75, 3.05) is 12.8 Å². The fourth-order valence-corrected chi connectivity index (χ4v) is 1.65. The molecule has 0 aliphatic rings. The van der Waals surface area contributed by atoms with E-state index in [9.17, 15) is 0 Å². The summed E-state index contributed by atoms with van der Waals surface area (Å²) in [6, 6.07) is 15.7. The highest BCUT2D eigenvalue weighted by atomic mass is 16.5. The van der Waals surface area contributed by atoms with E-state index in [-0.39, 0.29) is 0 Å². The molecule has 0 spiro atoms. The number of para-hydroxylation sites is 1. The molecule has 0 atom stereocenters. The van der Waals surface area contributed by atoms with Crippen molar-refractivity contribution < 1.29 is 4.74 Å². The molecule has 0 aliphatic heterocycles. The van der Waals surface area contributed by atoms with Crippen LogP contribution in [0.15, 0.2) is 48.5 Å². The lowest BCUT2D eigenvalue weighted by Crippen LogP contribution is -1.86. The summed E-state index contributed by atoms with van der Waals surface area (Å²) in [5, 5.41) is 0. The van der Waals surface area contributed by atoms with Crippen LogP contribution in [-0.4, -0.2) is 7.11 Å². The van der Waals surface area contributed by atoms with E-state index in [1.54, 1.807) is 7.11 Å². The van der Waals surface area contributed by atoms with Gasteiger partial charge >= 0.3 is 0 Å². The summed E-state index contributed by atoms with van der Waals surface area (Å²) < 4.78 is 5.28. The summed E-state index contributed by atoms with van der Waals surface area (Å²) in [4.78, 5) is 0. The average molecular weight is 225 g/mol. The SMILES string of the molecule is COc1ccccc1/C=C/c1cccc(N)c1. The number of rotatable bonds is 3. The Morgan fingerprint density at radius 1 is 1.00 bits per heavy atom. The quantitative estimate of drug-likeness (QED) is 0.641. The van der Waals surface area contributed by atoms with Crippen molar-refractivity contribution in [3.63, 3.8) is 0 Å². The Labute approximate surface area is 101 Å². The van der Waals surface area contributed by atoms with E-state index < -0.39 is 0 Å². The smallest absolute Gasteiger partial charge is 0.126 e. The molecule has 0 amide bonds. The summed E-state index contributed by atoms with van der Waals surface area (Å²) in [5.74, 6) is 0.868. The predicted octanol–water partition coefficient (Wildman–Crippen LogP) is 3.45. The minimum absolute atomic E-state index is 0.771. The van der Waals surface area contributed by atoms with Gasteiger partial charge in [-0.1, -0.05) is 42.5 Å². The van der Waals surface area contributed by atoms with E-state index in [2.05, 4.69) is 0 Å². The lowest BCUT2D eigenvalue weighted by atomic mass is 10.1. The molecule has 2 aromatic rings. The third-order valence-corrected chi connectivity index (χ3v) is 2.50. The Kier molecular flexibility index (Phi) is 3.46. The van der Waals surface area contributed by atoms with Gasteiger partial charge in [0.15, 0.2) is 0 Å². The molecule has 0 aliphatic carbocycles. The fraction of sp³-hybridized carbons (Fsp3) is 0.0667. The zero-order valence-electron chi connectivity index (χ0n) is 9.76. The van der Waals surface area contributed by atoms with Crippen LogP contribution in [0.2, 0.25) is 0 Å². The van der Waals surface area contributed by atoms with Crippen LogP contribution in [0.3, 0.4) is 0 Å². The second-order valence-corrected chi connectivity index (χ2v) is 3.75. The number of ether oxygens (including phenoxy) is 1. The number of nitrogen functional groups attached to an aromatic ring is 1. The third-order valence-electron chi connectivity index (χ3n) is 2.50. The van der Waals surface area contributed by atoms with Gasteiger partial charge in [-0.05, 0) is 23.8 Å². The highest BCUT2D eigenvalue weighted by molar-refractivity contribution is 5.73. The maximum absolute atomic E-state index is 5.73. The fourth-order valence-electron chi connectivity index (χ4n) is 1.65. The van der Waals surface area contributed by atoms with Gasteiger partial charge in [0.25, 0.3) is 0 Å². The van der Waals surface area contributed by atoms with Gasteiger partial charge in [-0.25, -0.2) is 0 Å². The predicted molar refractivity (Wildman–Crippen MR) is 72.8 cm³/mol. The van der Waals surface area contributed by atoms with Crippen molar-refractivity contribution in [2.45, 2.75) is 0 Å². The van der Waals surface area contributed by atoms with Gasteiger partial charge in [-0.3, -0.25) is 0 Å². The Bertz CT molecular complexity index is 532. The molecule has 2 rings (SSSR count). The van der Waals surface area contributed by atoms with Crippen LogP contribution in [0.1, 0.15) is 11.1 Å². The van der Waals surface area contributed by atoms with Gasteiger partial charge in [0.05, 0.1) is 7.11 Å². The summed E-state index contributed by atoms with van der Waals surface area (Å²) in [6.45, 7) is 0. The van der Waals surface area contributed by atoms with Crippen LogP contribution >= 0.6 is 0 Å². The van der Waals surface area contributed by atoms with Gasteiger partial charge in [0, 0.05) is 11.3 Å². The molecule has 0 fully saturated rings. The molecule has 2 nitrogen and oxygen atoms in total. The lowest BCUT2D eigenvalue weighted by molar-refractivity contribution is 0.414. The number of nitrogens with two attached hydrogens (primary N) is 1. The zero-order valence-corrected chi connectivity index (χ0v) is 9.76. The molecule has 0 saturated carbocycles. The first-order chi connectivity index (χ1) is 8.29. The van der Waals surface area contributed by atoms with E-state index in [1.807, 2.05) is 60.7 Å². The molecule has 0 heterocycles. The van der Waals surface area contributed by atoms with E-state index in [4.69, 9.17) is 10.5 Å². The first-order valence-corrected chi connectivity index (χ1v) is 5.46. The van der Waals surface area contributed by atoms with E-state index in [0.29, 0.717) is 0 Å². The molecule has 2 heteroatoms. The molecular weight excluding hydrogens is 210 g/mol. The Hall–Kier alpha value is -2.22. The normalized spacial score (nSPS) is 10.6. The maximum atomic E-state index is 5.73. The Morgan fingerprint density at radius 2 is 1.82 bits per heavy atom. The molecule has 17 heavy (non-hydrogen) atoms. The van der Waals surface area contributed by atoms with Crippen molar-refractivity contribution in [3.8, 4) is 5.75 Å². The molecule has 86 valence electrons. The van der Waals surface area contributed by atoms with Crippen molar-refractivity contribution in [3.05, 3.63) is 59.7 Å². The lowest BCUT2D eigenvalue weighted by Gasteiger charge is -2.03. The van der Waals surface area contributed by atoms with Crippen molar-refractivity contribution in [2.24, 2.45) is 0 Å². The van der Waals surface area contributed by atoms with E-state index in [1.165, 1.54) is 0 Å². The summed E-state index contributed by atoms with van der Waals surface area (Å²) in [6.07, 6.45) is 4.04. The Morgan fingerprint density at radius 3 is 2.59 bits per heavy atom. The topological polar surface area (TPSA) is 35.2 Å². The van der Waals surface area contributed by atoms with Gasteiger partial charge in [-0.2, -0.15) is 0 Å². The Balaban J connectivity index is 2.26. The number of methoxy groups -OCH3 is 1. The molecule has 0 aromatic heterocycles. The summed E-state index contributed by atoms with van der Waals surface area (Å²) in [7, 11) is 1.67. The highest BCUT2D eigenvalue weighted by Gasteiger charge is 1.96. The summed E-state index contributed by atoms with van der Waals surface area (Å²) >= 11 is 0. The van der Waals surface area contributed by atoms with Crippen molar-refractivity contribution in [1.29, 1.82) is 0 Å². The first-order valence-electron chi connectivity index (χ1n) is 5.46. The molecule has 0 radical (unpaired) electrons. The minimum atomic E-state index is 0.771. The number of hydrogen-bond donors (Lipinski definition) is 1. The van der Waals surface area contributed by atoms with Crippen LogP contribution in [0, 0.1) is 0 Å². The van der Waals surface area contributed by atoms with Gasteiger partial charge in [-0.15, -0.1) is 0 Å². The van der Waals surface area contributed by atoms with Crippen LogP contribution in [0.4, 0.5) is 5.69 Å². The monoisotopic (exact) mass is 225 g/mol. The maximum Gasteiger partial charge on any atom is 0.126 e. The van der Waals surface area contributed by atoms with Crippen molar-refractivity contribution >= 4 is 17.8 Å². The molecule has 0 unspecified atom stereocenters. The highest BCUT2D eigenvalue weighted by Crippen LogP contribution is 2.20. The number of hydrogen-bond acceptors (Lipinski definition) is 2. The standard InChI is InChI=1S/C15H15NO/c1-17-15-8-3-2-6-13(15)10-9-12-5-4-7-14(16)11-12/h2-11H,16H2,1H3/b10-9+. The van der Waals surface area contributed by atoms with Gasteiger partial charge in [0.2, 0.25) is 0 Å². The second kappa shape index (κ2) is 5.21. The average Bonchev–Trinajstić information content (AvgIpc) is 2.37. The van der Waals surface area contributed by atoms with Crippen LogP contribution in [-0.2, 0) is 0 Å². The largest absolute Gasteiger partial charge is 0.496 e. The zero-order chi connectivity index (χ0) is 12.1.